The molecule has 0 amide bonds. The first-order valence-electron chi connectivity index (χ1n) is 4.04. The van der Waals surface area contributed by atoms with Crippen molar-refractivity contribution >= 4 is 6.08 Å². The van der Waals surface area contributed by atoms with E-state index in [0.717, 1.165) is 0 Å². The lowest BCUT2D eigenvalue weighted by molar-refractivity contribution is 0.455. The maximum Gasteiger partial charge on any atom is 0.123 e. The van der Waals surface area contributed by atoms with Crippen LogP contribution in [0.25, 0.3) is 6.08 Å². The van der Waals surface area contributed by atoms with E-state index in [1.54, 1.807) is 19.1 Å². The first-order chi connectivity index (χ1) is 6.15. The van der Waals surface area contributed by atoms with E-state index < -0.39 is 0 Å². The summed E-state index contributed by atoms with van der Waals surface area (Å²) in [6, 6.07) is 3.03. The van der Waals surface area contributed by atoms with Gasteiger partial charge in [-0.1, -0.05) is 12.2 Å². The number of rotatable bonds is 2. The molecule has 1 aromatic carbocycles. The van der Waals surface area contributed by atoms with E-state index in [0.29, 0.717) is 17.7 Å². The van der Waals surface area contributed by atoms with Gasteiger partial charge in [-0.25, -0.2) is 0 Å². The van der Waals surface area contributed by atoms with Crippen LogP contribution in [0.4, 0.5) is 0 Å². The summed E-state index contributed by atoms with van der Waals surface area (Å²) in [6.45, 7) is 2.14. The monoisotopic (exact) mass is 179 g/mol. The first kappa shape index (κ1) is 9.61. The molecule has 3 nitrogen and oxygen atoms in total. The summed E-state index contributed by atoms with van der Waals surface area (Å²) in [7, 11) is 0. The Bertz CT molecular complexity index is 332. The molecular weight excluding hydrogens is 166 g/mol. The second kappa shape index (κ2) is 3.96. The van der Waals surface area contributed by atoms with Gasteiger partial charge in [0.2, 0.25) is 0 Å². The average molecular weight is 179 g/mol. The third kappa shape index (κ3) is 2.23. The molecular formula is C10H13NO2. The van der Waals surface area contributed by atoms with Gasteiger partial charge in [0, 0.05) is 12.1 Å². The third-order valence-corrected chi connectivity index (χ3v) is 1.78. The highest BCUT2D eigenvalue weighted by Crippen LogP contribution is 2.27. The number of phenolic OH excluding ortho intramolecular Hbond substituents is 2. The highest BCUT2D eigenvalue weighted by Gasteiger charge is 2.02. The summed E-state index contributed by atoms with van der Waals surface area (Å²) >= 11 is 0. The normalized spacial score (nSPS) is 10.9. The molecule has 1 aromatic rings. The van der Waals surface area contributed by atoms with Crippen molar-refractivity contribution in [3.8, 4) is 11.5 Å². The van der Waals surface area contributed by atoms with Gasteiger partial charge in [-0.05, 0) is 24.6 Å². The number of aromatic hydroxyl groups is 2. The van der Waals surface area contributed by atoms with E-state index >= 15 is 0 Å². The maximum absolute atomic E-state index is 9.44. The van der Waals surface area contributed by atoms with Crippen molar-refractivity contribution in [2.75, 3.05) is 6.54 Å². The molecule has 4 N–H and O–H groups in total. The molecule has 0 unspecified atom stereocenters. The van der Waals surface area contributed by atoms with Crippen LogP contribution in [0, 0.1) is 6.92 Å². The molecule has 70 valence electrons. The number of nitrogens with two attached hydrogens (primary N) is 1. The largest absolute Gasteiger partial charge is 0.508 e. The van der Waals surface area contributed by atoms with E-state index in [-0.39, 0.29) is 11.5 Å². The number of hydrogen-bond acceptors (Lipinski definition) is 3. The van der Waals surface area contributed by atoms with Gasteiger partial charge in [0.1, 0.15) is 11.5 Å². The first-order valence-corrected chi connectivity index (χ1v) is 4.04. The topological polar surface area (TPSA) is 66.5 Å². The number of benzene rings is 1. The molecule has 3 heteroatoms. The molecule has 0 aromatic heterocycles. The molecule has 0 atom stereocenters. The summed E-state index contributed by atoms with van der Waals surface area (Å²) < 4.78 is 0. The van der Waals surface area contributed by atoms with Gasteiger partial charge in [0.25, 0.3) is 0 Å². The summed E-state index contributed by atoms with van der Waals surface area (Å²) in [5.41, 5.74) is 6.50. The number of phenols is 2. The van der Waals surface area contributed by atoms with Crippen LogP contribution < -0.4 is 5.73 Å². The zero-order valence-electron chi connectivity index (χ0n) is 7.49. The average Bonchev–Trinajstić information content (AvgIpc) is 2.09. The Hall–Kier alpha value is -1.48. The Morgan fingerprint density at radius 3 is 2.62 bits per heavy atom. The van der Waals surface area contributed by atoms with Crippen LogP contribution in [0.2, 0.25) is 0 Å². The molecule has 13 heavy (non-hydrogen) atoms. The van der Waals surface area contributed by atoms with Crippen LogP contribution in [-0.2, 0) is 0 Å². The molecule has 0 radical (unpaired) electrons. The Labute approximate surface area is 77.1 Å². The van der Waals surface area contributed by atoms with Crippen LogP contribution in [0.3, 0.4) is 0 Å². The zero-order chi connectivity index (χ0) is 9.84. The molecule has 0 saturated carbocycles. The van der Waals surface area contributed by atoms with Gasteiger partial charge >= 0.3 is 0 Å². The van der Waals surface area contributed by atoms with Crippen LogP contribution >= 0.6 is 0 Å². The van der Waals surface area contributed by atoms with E-state index in [1.807, 2.05) is 0 Å². The van der Waals surface area contributed by atoms with Crippen molar-refractivity contribution in [3.63, 3.8) is 0 Å². The van der Waals surface area contributed by atoms with Crippen molar-refractivity contribution in [1.29, 1.82) is 0 Å². The van der Waals surface area contributed by atoms with Crippen LogP contribution in [-0.4, -0.2) is 16.8 Å². The van der Waals surface area contributed by atoms with Crippen LogP contribution in [0.15, 0.2) is 18.2 Å². The third-order valence-electron chi connectivity index (χ3n) is 1.78. The maximum atomic E-state index is 9.44. The number of hydrogen-bond donors (Lipinski definition) is 3. The fraction of sp³-hybridized carbons (Fsp3) is 0.200. The number of aryl methyl sites for hydroxylation is 1. The van der Waals surface area contributed by atoms with Crippen LogP contribution in [0.5, 0.6) is 11.5 Å². The summed E-state index contributed by atoms with van der Waals surface area (Å²) in [6.07, 6.45) is 3.39. The minimum atomic E-state index is 0.153. The standard InChI is InChI=1S/C10H13NO2/c1-7-5-10(13)8(3-2-4-11)6-9(7)12/h2-3,5-6,12-13H,4,11H2,1H3/b3-2+. The van der Waals surface area contributed by atoms with Crippen molar-refractivity contribution < 1.29 is 10.2 Å². The second-order valence-corrected chi connectivity index (χ2v) is 2.84. The van der Waals surface area contributed by atoms with Crippen molar-refractivity contribution in [1.82, 2.24) is 0 Å². The van der Waals surface area contributed by atoms with Gasteiger partial charge in [-0.3, -0.25) is 0 Å². The van der Waals surface area contributed by atoms with Gasteiger partial charge in [-0.2, -0.15) is 0 Å². The van der Waals surface area contributed by atoms with Crippen molar-refractivity contribution in [2.45, 2.75) is 6.92 Å². The molecule has 0 spiro atoms. The molecule has 0 aliphatic carbocycles. The summed E-state index contributed by atoms with van der Waals surface area (Å²) in [5, 5.41) is 18.8. The summed E-state index contributed by atoms with van der Waals surface area (Å²) in [5.74, 6) is 0.328. The molecule has 0 heterocycles. The molecule has 0 aliphatic rings. The van der Waals surface area contributed by atoms with Crippen LogP contribution in [0.1, 0.15) is 11.1 Å². The Morgan fingerprint density at radius 1 is 1.31 bits per heavy atom. The quantitative estimate of drug-likeness (QED) is 0.601. The van der Waals surface area contributed by atoms with E-state index in [1.165, 1.54) is 12.1 Å². The highest BCUT2D eigenvalue weighted by molar-refractivity contribution is 5.60. The van der Waals surface area contributed by atoms with Gasteiger partial charge in [0.05, 0.1) is 0 Å². The van der Waals surface area contributed by atoms with E-state index in [9.17, 15) is 10.2 Å². The predicted octanol–water partition coefficient (Wildman–Crippen LogP) is 1.38. The fourth-order valence-corrected chi connectivity index (χ4v) is 1.03. The Kier molecular flexibility index (Phi) is 2.93. The van der Waals surface area contributed by atoms with Gasteiger partial charge in [-0.15, -0.1) is 0 Å². The fourth-order valence-electron chi connectivity index (χ4n) is 1.03. The lowest BCUT2D eigenvalue weighted by Crippen LogP contribution is -1.92. The van der Waals surface area contributed by atoms with Crippen molar-refractivity contribution in [3.05, 3.63) is 29.3 Å². The molecule has 0 saturated heterocycles. The molecule has 0 aliphatic heterocycles. The predicted molar refractivity (Wildman–Crippen MR) is 52.6 cm³/mol. The van der Waals surface area contributed by atoms with Gasteiger partial charge in [0.15, 0.2) is 0 Å². The molecule has 0 bridgehead atoms. The minimum Gasteiger partial charge on any atom is -0.508 e. The summed E-state index contributed by atoms with van der Waals surface area (Å²) in [4.78, 5) is 0. The lowest BCUT2D eigenvalue weighted by Gasteiger charge is -2.03. The van der Waals surface area contributed by atoms with Crippen molar-refractivity contribution in [2.24, 2.45) is 5.73 Å². The van der Waals surface area contributed by atoms with Gasteiger partial charge < -0.3 is 15.9 Å². The Balaban J connectivity index is 3.08. The SMILES string of the molecule is Cc1cc(O)c(/C=C/CN)cc1O. The second-order valence-electron chi connectivity index (χ2n) is 2.84. The lowest BCUT2D eigenvalue weighted by atomic mass is 10.1. The zero-order valence-corrected chi connectivity index (χ0v) is 7.49. The smallest absolute Gasteiger partial charge is 0.123 e. The Morgan fingerprint density at radius 2 is 2.00 bits per heavy atom. The minimum absolute atomic E-state index is 0.153. The molecule has 1 rings (SSSR count). The van der Waals surface area contributed by atoms with E-state index in [2.05, 4.69) is 0 Å². The molecule has 0 fully saturated rings. The van der Waals surface area contributed by atoms with E-state index in [4.69, 9.17) is 5.73 Å². The highest BCUT2D eigenvalue weighted by atomic mass is 16.3.